The molecule has 3 N–H and O–H groups in total. The molecule has 0 unspecified atom stereocenters. The third-order valence-electron chi connectivity index (χ3n) is 4.03. The Morgan fingerprint density at radius 2 is 2.23 bits per heavy atom. The van der Waals surface area contributed by atoms with Gasteiger partial charge in [-0.25, -0.2) is 0 Å². The van der Waals surface area contributed by atoms with E-state index in [-0.39, 0.29) is 23.8 Å². The van der Waals surface area contributed by atoms with Crippen molar-refractivity contribution in [2.24, 2.45) is 11.7 Å². The van der Waals surface area contributed by atoms with Gasteiger partial charge in [0.2, 0.25) is 11.8 Å². The molecule has 0 saturated carbocycles. The van der Waals surface area contributed by atoms with Crippen molar-refractivity contribution in [3.63, 3.8) is 0 Å². The van der Waals surface area contributed by atoms with Crippen molar-refractivity contribution in [1.82, 2.24) is 15.2 Å². The second-order valence-corrected chi connectivity index (χ2v) is 5.86. The highest BCUT2D eigenvalue weighted by atomic mass is 16.2. The Labute approximate surface area is 131 Å². The summed E-state index contributed by atoms with van der Waals surface area (Å²) in [5, 5.41) is 2.96. The molecule has 2 atom stereocenters. The third-order valence-corrected chi connectivity index (χ3v) is 4.03. The van der Waals surface area contributed by atoms with E-state index in [1.54, 1.807) is 17.3 Å². The second kappa shape index (κ2) is 7.89. The quantitative estimate of drug-likeness (QED) is 0.839. The zero-order valence-electron chi connectivity index (χ0n) is 13.0. The van der Waals surface area contributed by atoms with E-state index in [1.807, 2.05) is 12.1 Å². The molecule has 0 aromatic carbocycles. The number of pyridine rings is 1. The molecular formula is C16H24N4O2. The lowest BCUT2D eigenvalue weighted by molar-refractivity contribution is -0.131. The van der Waals surface area contributed by atoms with Crippen molar-refractivity contribution in [2.75, 3.05) is 19.6 Å². The maximum Gasteiger partial charge on any atom is 0.224 e. The van der Waals surface area contributed by atoms with E-state index in [4.69, 9.17) is 5.73 Å². The van der Waals surface area contributed by atoms with Crippen molar-refractivity contribution in [3.8, 4) is 0 Å². The number of hydrogen-bond donors (Lipinski definition) is 2. The summed E-state index contributed by atoms with van der Waals surface area (Å²) in [6.45, 7) is 3.10. The van der Waals surface area contributed by atoms with Crippen LogP contribution < -0.4 is 11.1 Å². The van der Waals surface area contributed by atoms with Gasteiger partial charge in [-0.1, -0.05) is 6.07 Å². The zero-order chi connectivity index (χ0) is 15.9. The SMILES string of the molecule is CC(=O)N1C[C@@H](N)CC[C@@H](C(=O)NCCc2cccnc2)C1. The average Bonchev–Trinajstić information content (AvgIpc) is 2.70. The van der Waals surface area contributed by atoms with E-state index in [1.165, 1.54) is 6.92 Å². The van der Waals surface area contributed by atoms with Crippen molar-refractivity contribution in [2.45, 2.75) is 32.2 Å². The standard InChI is InChI=1S/C16H24N4O2/c1-12(21)20-10-14(4-5-15(17)11-20)16(22)19-8-6-13-3-2-7-18-9-13/h2-3,7,9,14-15H,4-6,8,10-11,17H2,1H3,(H,19,22)/t14-,15+/m1/s1. The summed E-state index contributed by atoms with van der Waals surface area (Å²) in [4.78, 5) is 29.6. The van der Waals surface area contributed by atoms with E-state index in [0.29, 0.717) is 19.6 Å². The molecule has 1 aliphatic heterocycles. The van der Waals surface area contributed by atoms with Crippen molar-refractivity contribution < 1.29 is 9.59 Å². The van der Waals surface area contributed by atoms with Gasteiger partial charge in [-0.2, -0.15) is 0 Å². The Hall–Kier alpha value is -1.95. The summed E-state index contributed by atoms with van der Waals surface area (Å²) in [5.74, 6) is -0.193. The fourth-order valence-corrected chi connectivity index (χ4v) is 2.71. The molecule has 0 radical (unpaired) electrons. The molecule has 2 rings (SSSR count). The molecule has 0 bridgehead atoms. The number of carbonyl (C=O) groups is 2. The van der Waals surface area contributed by atoms with Crippen molar-refractivity contribution in [3.05, 3.63) is 30.1 Å². The van der Waals surface area contributed by atoms with Gasteiger partial charge < -0.3 is 16.0 Å². The molecule has 6 nitrogen and oxygen atoms in total. The van der Waals surface area contributed by atoms with Crippen LogP contribution in [0.15, 0.2) is 24.5 Å². The van der Waals surface area contributed by atoms with Crippen molar-refractivity contribution in [1.29, 1.82) is 0 Å². The molecule has 2 amide bonds. The first-order chi connectivity index (χ1) is 10.6. The molecular weight excluding hydrogens is 280 g/mol. The van der Waals surface area contributed by atoms with Crippen LogP contribution in [0.3, 0.4) is 0 Å². The first kappa shape index (κ1) is 16.4. The zero-order valence-corrected chi connectivity index (χ0v) is 13.0. The molecule has 6 heteroatoms. The van der Waals surface area contributed by atoms with E-state index >= 15 is 0 Å². The molecule has 1 aliphatic rings. The number of likely N-dealkylation sites (tertiary alicyclic amines) is 1. The van der Waals surface area contributed by atoms with Crippen molar-refractivity contribution >= 4 is 11.8 Å². The normalized spacial score (nSPS) is 22.0. The van der Waals surface area contributed by atoms with Crippen LogP contribution in [0.1, 0.15) is 25.3 Å². The lowest BCUT2D eigenvalue weighted by atomic mass is 10.0. The maximum atomic E-state index is 12.3. The molecule has 1 fully saturated rings. The second-order valence-electron chi connectivity index (χ2n) is 5.86. The fourth-order valence-electron chi connectivity index (χ4n) is 2.71. The van der Waals surface area contributed by atoms with Gasteiger partial charge in [0.15, 0.2) is 0 Å². The number of amides is 2. The number of carbonyl (C=O) groups excluding carboxylic acids is 2. The Morgan fingerprint density at radius 3 is 2.91 bits per heavy atom. The number of hydrogen-bond acceptors (Lipinski definition) is 4. The van der Waals surface area contributed by atoms with E-state index in [0.717, 1.165) is 24.8 Å². The van der Waals surface area contributed by atoms with Crippen LogP contribution in [0.4, 0.5) is 0 Å². The molecule has 0 aliphatic carbocycles. The maximum absolute atomic E-state index is 12.3. The number of nitrogens with one attached hydrogen (secondary N) is 1. The first-order valence-corrected chi connectivity index (χ1v) is 7.74. The Kier molecular flexibility index (Phi) is 5.89. The molecule has 1 saturated heterocycles. The van der Waals surface area contributed by atoms with Crippen LogP contribution in [-0.2, 0) is 16.0 Å². The number of rotatable bonds is 4. The Balaban J connectivity index is 1.84. The molecule has 0 spiro atoms. The van der Waals surface area contributed by atoms with Gasteiger partial charge in [-0.05, 0) is 30.9 Å². The van der Waals surface area contributed by atoms with Crippen LogP contribution in [0, 0.1) is 5.92 Å². The summed E-state index contributed by atoms with van der Waals surface area (Å²) in [5.41, 5.74) is 7.06. The van der Waals surface area contributed by atoms with Gasteiger partial charge in [-0.15, -0.1) is 0 Å². The molecule has 120 valence electrons. The minimum absolute atomic E-state index is 0.00393. The van der Waals surface area contributed by atoms with E-state index < -0.39 is 0 Å². The third kappa shape index (κ3) is 4.80. The van der Waals surface area contributed by atoms with Gasteiger partial charge in [0.25, 0.3) is 0 Å². The van der Waals surface area contributed by atoms with E-state index in [2.05, 4.69) is 10.3 Å². The Bertz CT molecular complexity index is 506. The summed E-state index contributed by atoms with van der Waals surface area (Å²) >= 11 is 0. The van der Waals surface area contributed by atoms with Crippen LogP contribution in [0.25, 0.3) is 0 Å². The highest BCUT2D eigenvalue weighted by Crippen LogP contribution is 2.16. The topological polar surface area (TPSA) is 88.3 Å². The van der Waals surface area contributed by atoms with Gasteiger partial charge >= 0.3 is 0 Å². The lowest BCUT2D eigenvalue weighted by Gasteiger charge is -2.23. The smallest absolute Gasteiger partial charge is 0.224 e. The first-order valence-electron chi connectivity index (χ1n) is 7.74. The Morgan fingerprint density at radius 1 is 1.41 bits per heavy atom. The number of aromatic nitrogens is 1. The van der Waals surface area contributed by atoms with Gasteiger partial charge in [0.05, 0.1) is 5.92 Å². The summed E-state index contributed by atoms with van der Waals surface area (Å²) < 4.78 is 0. The van der Waals surface area contributed by atoms with Gasteiger partial charge in [0, 0.05) is 45.0 Å². The lowest BCUT2D eigenvalue weighted by Crippen LogP contribution is -2.42. The average molecular weight is 304 g/mol. The highest BCUT2D eigenvalue weighted by molar-refractivity contribution is 5.80. The minimum Gasteiger partial charge on any atom is -0.355 e. The predicted octanol–water partition coefficient (Wildman–Crippen LogP) is 0.326. The summed E-state index contributed by atoms with van der Waals surface area (Å²) in [7, 11) is 0. The summed E-state index contributed by atoms with van der Waals surface area (Å²) in [6.07, 6.45) is 5.78. The monoisotopic (exact) mass is 304 g/mol. The number of nitrogens with two attached hydrogens (primary N) is 1. The predicted molar refractivity (Wildman–Crippen MR) is 83.9 cm³/mol. The molecule has 2 heterocycles. The van der Waals surface area contributed by atoms with Crippen LogP contribution in [0.2, 0.25) is 0 Å². The highest BCUT2D eigenvalue weighted by Gasteiger charge is 2.27. The number of nitrogens with zero attached hydrogens (tertiary/aromatic N) is 2. The van der Waals surface area contributed by atoms with Gasteiger partial charge in [0.1, 0.15) is 0 Å². The van der Waals surface area contributed by atoms with Gasteiger partial charge in [-0.3, -0.25) is 14.6 Å². The summed E-state index contributed by atoms with van der Waals surface area (Å²) in [6, 6.07) is 3.83. The fraction of sp³-hybridized carbons (Fsp3) is 0.562. The molecule has 1 aromatic heterocycles. The minimum atomic E-state index is -0.175. The molecule has 1 aromatic rings. The van der Waals surface area contributed by atoms with Crippen LogP contribution >= 0.6 is 0 Å². The van der Waals surface area contributed by atoms with Crippen LogP contribution in [0.5, 0.6) is 0 Å². The van der Waals surface area contributed by atoms with E-state index in [9.17, 15) is 9.59 Å². The van der Waals surface area contributed by atoms with Crippen LogP contribution in [-0.4, -0.2) is 47.4 Å². The largest absolute Gasteiger partial charge is 0.355 e. The molecule has 22 heavy (non-hydrogen) atoms.